The SMILES string of the molecule is Cc1cc2c(Sc3nc4ccccc4[nH]3)nc(N)nc2s1. The number of nitrogens with one attached hydrogen (secondary N) is 1. The molecule has 0 aliphatic heterocycles. The molecule has 3 aromatic heterocycles. The molecule has 0 bridgehead atoms. The maximum Gasteiger partial charge on any atom is 0.222 e. The number of hydrogen-bond donors (Lipinski definition) is 2. The molecule has 0 aliphatic carbocycles. The van der Waals surface area contributed by atoms with Gasteiger partial charge in [0, 0.05) is 10.3 Å². The van der Waals surface area contributed by atoms with Crippen LogP contribution < -0.4 is 5.73 Å². The second-order valence-electron chi connectivity index (χ2n) is 4.62. The number of nitrogens with zero attached hydrogens (tertiary/aromatic N) is 3. The molecular formula is C14H11N5S2. The molecule has 0 radical (unpaired) electrons. The maximum atomic E-state index is 5.80. The lowest BCUT2D eigenvalue weighted by atomic mass is 10.3. The van der Waals surface area contributed by atoms with Crippen LogP contribution in [0.15, 0.2) is 40.5 Å². The van der Waals surface area contributed by atoms with Crippen LogP contribution in [0.1, 0.15) is 4.88 Å². The predicted molar refractivity (Wildman–Crippen MR) is 86.8 cm³/mol. The number of anilines is 1. The first-order chi connectivity index (χ1) is 10.2. The molecule has 0 aliphatic rings. The number of nitrogens with two attached hydrogens (primary N) is 1. The molecule has 104 valence electrons. The number of aryl methyl sites for hydroxylation is 1. The van der Waals surface area contributed by atoms with E-state index in [1.165, 1.54) is 16.6 Å². The summed E-state index contributed by atoms with van der Waals surface area (Å²) in [4.78, 5) is 18.6. The zero-order chi connectivity index (χ0) is 14.4. The van der Waals surface area contributed by atoms with Crippen molar-refractivity contribution in [2.24, 2.45) is 0 Å². The lowest BCUT2D eigenvalue weighted by molar-refractivity contribution is 1.06. The summed E-state index contributed by atoms with van der Waals surface area (Å²) in [6, 6.07) is 10.0. The third-order valence-electron chi connectivity index (χ3n) is 3.06. The smallest absolute Gasteiger partial charge is 0.222 e. The summed E-state index contributed by atoms with van der Waals surface area (Å²) in [7, 11) is 0. The van der Waals surface area contributed by atoms with Gasteiger partial charge in [0.15, 0.2) is 5.16 Å². The standard InChI is InChI=1S/C14H11N5S2/c1-7-6-8-11(20-7)18-13(15)19-12(8)21-14-16-9-4-2-3-5-10(9)17-14/h2-6H,1H3,(H,16,17)(H2,15,18,19). The third-order valence-corrected chi connectivity index (χ3v) is 4.89. The minimum Gasteiger partial charge on any atom is -0.368 e. The summed E-state index contributed by atoms with van der Waals surface area (Å²) in [5.41, 5.74) is 7.76. The number of para-hydroxylation sites is 2. The van der Waals surface area contributed by atoms with Crippen molar-refractivity contribution in [3.05, 3.63) is 35.2 Å². The van der Waals surface area contributed by atoms with Crippen LogP contribution >= 0.6 is 23.1 Å². The van der Waals surface area contributed by atoms with E-state index in [1.807, 2.05) is 24.3 Å². The monoisotopic (exact) mass is 313 g/mol. The Morgan fingerprint density at radius 3 is 2.90 bits per heavy atom. The first-order valence-corrected chi connectivity index (χ1v) is 7.98. The highest BCUT2D eigenvalue weighted by Gasteiger charge is 2.12. The highest BCUT2D eigenvalue weighted by Crippen LogP contribution is 2.34. The normalized spacial score (nSPS) is 11.5. The van der Waals surface area contributed by atoms with E-state index in [2.05, 4.69) is 32.9 Å². The average Bonchev–Trinajstić information content (AvgIpc) is 3.00. The Morgan fingerprint density at radius 2 is 2.05 bits per heavy atom. The molecule has 7 heteroatoms. The van der Waals surface area contributed by atoms with E-state index in [0.717, 1.165) is 31.4 Å². The van der Waals surface area contributed by atoms with Crippen molar-refractivity contribution < 1.29 is 0 Å². The Bertz CT molecular complexity index is 923. The highest BCUT2D eigenvalue weighted by atomic mass is 32.2. The summed E-state index contributed by atoms with van der Waals surface area (Å²) in [5, 5.41) is 2.66. The number of fused-ring (bicyclic) bond motifs is 2. The summed E-state index contributed by atoms with van der Waals surface area (Å²) < 4.78 is 0. The minimum atomic E-state index is 0.294. The molecule has 0 saturated carbocycles. The van der Waals surface area contributed by atoms with Gasteiger partial charge in [0.05, 0.1) is 11.0 Å². The van der Waals surface area contributed by atoms with Crippen molar-refractivity contribution in [1.82, 2.24) is 19.9 Å². The first kappa shape index (κ1) is 12.6. The van der Waals surface area contributed by atoms with Gasteiger partial charge in [0.2, 0.25) is 5.95 Å². The quantitative estimate of drug-likeness (QED) is 0.553. The molecule has 0 atom stereocenters. The second-order valence-corrected chi connectivity index (χ2v) is 6.84. The van der Waals surface area contributed by atoms with E-state index >= 15 is 0 Å². The first-order valence-electron chi connectivity index (χ1n) is 6.35. The predicted octanol–water partition coefficient (Wildman–Crippen LogP) is 3.61. The summed E-state index contributed by atoms with van der Waals surface area (Å²) in [6.07, 6.45) is 0. The van der Waals surface area contributed by atoms with Gasteiger partial charge in [-0.15, -0.1) is 11.3 Å². The van der Waals surface area contributed by atoms with E-state index in [1.54, 1.807) is 11.3 Å². The Morgan fingerprint density at radius 1 is 1.19 bits per heavy atom. The zero-order valence-corrected chi connectivity index (χ0v) is 12.8. The lowest BCUT2D eigenvalue weighted by Gasteiger charge is -2.00. The van der Waals surface area contributed by atoms with Crippen molar-refractivity contribution in [3.8, 4) is 0 Å². The van der Waals surface area contributed by atoms with Crippen LogP contribution in [0.4, 0.5) is 5.95 Å². The number of H-pyrrole nitrogens is 1. The molecular weight excluding hydrogens is 302 g/mol. The van der Waals surface area contributed by atoms with Gasteiger partial charge < -0.3 is 10.7 Å². The Balaban J connectivity index is 1.82. The van der Waals surface area contributed by atoms with Gasteiger partial charge in [0.25, 0.3) is 0 Å². The van der Waals surface area contributed by atoms with Gasteiger partial charge in [-0.1, -0.05) is 12.1 Å². The molecule has 0 amide bonds. The largest absolute Gasteiger partial charge is 0.368 e. The molecule has 1 aromatic carbocycles. The van der Waals surface area contributed by atoms with Crippen LogP contribution in [0.3, 0.4) is 0 Å². The van der Waals surface area contributed by atoms with Gasteiger partial charge in [-0.3, -0.25) is 0 Å². The van der Waals surface area contributed by atoms with Gasteiger partial charge in [-0.05, 0) is 36.9 Å². The number of imidazole rings is 1. The Hall–Kier alpha value is -2.12. The molecule has 4 aromatic rings. The lowest BCUT2D eigenvalue weighted by Crippen LogP contribution is -1.95. The molecule has 21 heavy (non-hydrogen) atoms. The van der Waals surface area contributed by atoms with Crippen LogP contribution in [0, 0.1) is 6.92 Å². The van der Waals surface area contributed by atoms with Crippen LogP contribution in [0.25, 0.3) is 21.3 Å². The molecule has 3 heterocycles. The molecule has 5 nitrogen and oxygen atoms in total. The van der Waals surface area contributed by atoms with Crippen molar-refractivity contribution in [2.45, 2.75) is 17.1 Å². The van der Waals surface area contributed by atoms with Gasteiger partial charge in [-0.25, -0.2) is 15.0 Å². The fraction of sp³-hybridized carbons (Fsp3) is 0.0714. The number of nitrogen functional groups attached to an aromatic ring is 1. The van der Waals surface area contributed by atoms with E-state index < -0.39 is 0 Å². The molecule has 3 N–H and O–H groups in total. The second kappa shape index (κ2) is 4.71. The van der Waals surface area contributed by atoms with E-state index in [4.69, 9.17) is 5.73 Å². The van der Waals surface area contributed by atoms with E-state index in [0.29, 0.717) is 5.95 Å². The molecule has 0 spiro atoms. The van der Waals surface area contributed by atoms with Gasteiger partial charge in [-0.2, -0.15) is 0 Å². The van der Waals surface area contributed by atoms with Gasteiger partial charge >= 0.3 is 0 Å². The van der Waals surface area contributed by atoms with Crippen LogP contribution in [0.2, 0.25) is 0 Å². The van der Waals surface area contributed by atoms with E-state index in [9.17, 15) is 0 Å². The number of aromatic nitrogens is 4. The Labute approximate surface area is 128 Å². The van der Waals surface area contributed by atoms with Crippen molar-refractivity contribution in [2.75, 3.05) is 5.73 Å². The molecule has 0 unspecified atom stereocenters. The summed E-state index contributed by atoms with van der Waals surface area (Å²) in [6.45, 7) is 2.05. The third kappa shape index (κ3) is 2.24. The highest BCUT2D eigenvalue weighted by molar-refractivity contribution is 7.99. The van der Waals surface area contributed by atoms with Gasteiger partial charge in [0.1, 0.15) is 9.86 Å². The maximum absolute atomic E-state index is 5.80. The van der Waals surface area contributed by atoms with Crippen LogP contribution in [0.5, 0.6) is 0 Å². The van der Waals surface area contributed by atoms with E-state index in [-0.39, 0.29) is 0 Å². The van der Waals surface area contributed by atoms with Crippen LogP contribution in [-0.4, -0.2) is 19.9 Å². The Kier molecular flexibility index (Phi) is 2.83. The van der Waals surface area contributed by atoms with Crippen molar-refractivity contribution in [1.29, 1.82) is 0 Å². The summed E-state index contributed by atoms with van der Waals surface area (Å²) >= 11 is 3.10. The summed E-state index contributed by atoms with van der Waals surface area (Å²) in [5.74, 6) is 0.294. The van der Waals surface area contributed by atoms with Crippen LogP contribution in [-0.2, 0) is 0 Å². The number of rotatable bonds is 2. The minimum absolute atomic E-state index is 0.294. The average molecular weight is 313 g/mol. The zero-order valence-electron chi connectivity index (χ0n) is 11.1. The fourth-order valence-electron chi connectivity index (χ4n) is 2.18. The number of hydrogen-bond acceptors (Lipinski definition) is 6. The topological polar surface area (TPSA) is 80.5 Å². The molecule has 4 rings (SSSR count). The number of benzene rings is 1. The van der Waals surface area contributed by atoms with Crippen molar-refractivity contribution in [3.63, 3.8) is 0 Å². The number of thiophene rings is 1. The number of aromatic amines is 1. The molecule has 0 fully saturated rings. The fourth-order valence-corrected chi connectivity index (χ4v) is 4.02. The van der Waals surface area contributed by atoms with Crippen molar-refractivity contribution >= 4 is 50.3 Å². The molecule has 0 saturated heterocycles.